The predicted octanol–water partition coefficient (Wildman–Crippen LogP) is 0.930. The molecule has 0 spiro atoms. The van der Waals surface area contributed by atoms with Gasteiger partial charge in [-0.15, -0.1) is 0 Å². The minimum absolute atomic E-state index is 0.127. The average molecular weight is 202 g/mol. The number of nitrogens with zero attached hydrogens (tertiary/aromatic N) is 1. The number of halogens is 1. The molecular formula is C10H19FN2O. The van der Waals surface area contributed by atoms with E-state index < -0.39 is 12.2 Å². The fourth-order valence-electron chi connectivity index (χ4n) is 1.48. The summed E-state index contributed by atoms with van der Waals surface area (Å²) in [6.07, 6.45) is -0.422. The summed E-state index contributed by atoms with van der Waals surface area (Å²) >= 11 is 0. The van der Waals surface area contributed by atoms with Crippen molar-refractivity contribution in [3.05, 3.63) is 0 Å². The number of hydrogen-bond acceptors (Lipinski definition) is 2. The number of carbonyl (C=O) groups is 1. The molecule has 0 aromatic heterocycles. The number of carbonyl (C=O) groups excluding carboxylic acids is 1. The van der Waals surface area contributed by atoms with E-state index in [9.17, 15) is 9.18 Å². The summed E-state index contributed by atoms with van der Waals surface area (Å²) in [4.78, 5) is 13.3. The number of nitrogens with two attached hydrogens (primary N) is 1. The molecular weight excluding hydrogens is 183 g/mol. The summed E-state index contributed by atoms with van der Waals surface area (Å²) < 4.78 is 12.9. The Morgan fingerprint density at radius 2 is 2.14 bits per heavy atom. The Kier molecular flexibility index (Phi) is 3.14. The van der Waals surface area contributed by atoms with E-state index in [1.807, 2.05) is 20.8 Å². The van der Waals surface area contributed by atoms with Crippen molar-refractivity contribution in [2.24, 2.45) is 11.1 Å². The average Bonchev–Trinajstić information content (AvgIpc) is 2.47. The van der Waals surface area contributed by atoms with Gasteiger partial charge in [0.25, 0.3) is 0 Å². The second-order valence-electron chi connectivity index (χ2n) is 5.01. The maximum absolute atomic E-state index is 12.9. The molecule has 1 amide bonds. The van der Waals surface area contributed by atoms with E-state index in [0.29, 0.717) is 13.0 Å². The van der Waals surface area contributed by atoms with Crippen molar-refractivity contribution in [1.82, 2.24) is 4.90 Å². The molecule has 1 aliphatic heterocycles. The Bertz CT molecular complexity index is 225. The Balaban J connectivity index is 2.57. The van der Waals surface area contributed by atoms with Gasteiger partial charge in [0.1, 0.15) is 6.17 Å². The molecule has 0 saturated carbocycles. The lowest BCUT2D eigenvalue weighted by atomic mass is 9.86. The number of likely N-dealkylation sites (tertiary alicyclic amines) is 1. The zero-order chi connectivity index (χ0) is 10.9. The Labute approximate surface area is 84.4 Å². The largest absolute Gasteiger partial charge is 0.338 e. The molecule has 4 heteroatoms. The monoisotopic (exact) mass is 202 g/mol. The van der Waals surface area contributed by atoms with Crippen LogP contribution in [-0.4, -0.2) is 36.1 Å². The molecule has 1 fully saturated rings. The van der Waals surface area contributed by atoms with Crippen LogP contribution in [0.3, 0.4) is 0 Å². The van der Waals surface area contributed by atoms with E-state index in [1.54, 1.807) is 0 Å². The van der Waals surface area contributed by atoms with Crippen LogP contribution in [0.5, 0.6) is 0 Å². The Hall–Kier alpha value is -0.640. The molecule has 0 aromatic carbocycles. The van der Waals surface area contributed by atoms with Crippen LogP contribution in [0.1, 0.15) is 27.2 Å². The third-order valence-corrected chi connectivity index (χ3v) is 2.64. The molecule has 1 aliphatic rings. The van der Waals surface area contributed by atoms with Crippen LogP contribution in [0, 0.1) is 5.41 Å². The van der Waals surface area contributed by atoms with E-state index >= 15 is 0 Å². The van der Waals surface area contributed by atoms with Crippen molar-refractivity contribution in [3.8, 4) is 0 Å². The first-order chi connectivity index (χ1) is 6.32. The standard InChI is InChI=1S/C10H19FN2O/c1-10(2,3)8(12)9(14)13-5-4-7(11)6-13/h7-8H,4-6,12H2,1-3H3. The normalized spacial score (nSPS) is 25.2. The van der Waals surface area contributed by atoms with Crippen LogP contribution in [0.25, 0.3) is 0 Å². The zero-order valence-corrected chi connectivity index (χ0v) is 9.09. The molecule has 2 N–H and O–H groups in total. The van der Waals surface area contributed by atoms with E-state index in [-0.39, 0.29) is 17.9 Å². The van der Waals surface area contributed by atoms with Gasteiger partial charge in [0.2, 0.25) is 5.91 Å². The number of amides is 1. The fraction of sp³-hybridized carbons (Fsp3) is 0.900. The van der Waals surface area contributed by atoms with E-state index in [2.05, 4.69) is 0 Å². The first-order valence-electron chi connectivity index (χ1n) is 5.01. The number of rotatable bonds is 1. The second-order valence-corrected chi connectivity index (χ2v) is 5.01. The predicted molar refractivity (Wildman–Crippen MR) is 53.5 cm³/mol. The summed E-state index contributed by atoms with van der Waals surface area (Å²) in [5.41, 5.74) is 5.55. The minimum Gasteiger partial charge on any atom is -0.338 e. The van der Waals surface area contributed by atoms with Crippen molar-refractivity contribution in [2.75, 3.05) is 13.1 Å². The molecule has 0 aromatic rings. The van der Waals surface area contributed by atoms with Crippen molar-refractivity contribution in [3.63, 3.8) is 0 Å². The van der Waals surface area contributed by atoms with Crippen molar-refractivity contribution in [2.45, 2.75) is 39.4 Å². The number of alkyl halides is 1. The van der Waals surface area contributed by atoms with Gasteiger partial charge in [0, 0.05) is 6.54 Å². The lowest BCUT2D eigenvalue weighted by Crippen LogP contribution is -2.49. The molecule has 3 nitrogen and oxygen atoms in total. The van der Waals surface area contributed by atoms with E-state index in [4.69, 9.17) is 5.73 Å². The highest BCUT2D eigenvalue weighted by atomic mass is 19.1. The van der Waals surface area contributed by atoms with Crippen LogP contribution < -0.4 is 5.73 Å². The summed E-state index contributed by atoms with van der Waals surface area (Å²) in [5, 5.41) is 0. The number of hydrogen-bond donors (Lipinski definition) is 1. The van der Waals surface area contributed by atoms with Crippen LogP contribution in [0.2, 0.25) is 0 Å². The van der Waals surface area contributed by atoms with Gasteiger partial charge in [0.05, 0.1) is 12.6 Å². The minimum atomic E-state index is -0.869. The maximum Gasteiger partial charge on any atom is 0.240 e. The molecule has 82 valence electrons. The van der Waals surface area contributed by atoms with E-state index in [1.165, 1.54) is 4.90 Å². The fourth-order valence-corrected chi connectivity index (χ4v) is 1.48. The van der Waals surface area contributed by atoms with Gasteiger partial charge in [-0.1, -0.05) is 20.8 Å². The zero-order valence-electron chi connectivity index (χ0n) is 9.09. The summed E-state index contributed by atoms with van der Waals surface area (Å²) in [7, 11) is 0. The molecule has 0 radical (unpaired) electrons. The highest BCUT2D eigenvalue weighted by Gasteiger charge is 2.34. The topological polar surface area (TPSA) is 46.3 Å². The van der Waals surface area contributed by atoms with Crippen LogP contribution in [0.15, 0.2) is 0 Å². The lowest BCUT2D eigenvalue weighted by Gasteiger charge is -2.29. The Morgan fingerprint density at radius 1 is 1.57 bits per heavy atom. The molecule has 14 heavy (non-hydrogen) atoms. The highest BCUT2D eigenvalue weighted by Crippen LogP contribution is 2.21. The van der Waals surface area contributed by atoms with Crippen molar-refractivity contribution >= 4 is 5.91 Å². The first kappa shape index (κ1) is 11.4. The molecule has 2 atom stereocenters. The molecule has 0 aliphatic carbocycles. The van der Waals surface area contributed by atoms with Gasteiger partial charge in [0.15, 0.2) is 0 Å². The molecule has 2 unspecified atom stereocenters. The second kappa shape index (κ2) is 3.85. The maximum atomic E-state index is 12.9. The van der Waals surface area contributed by atoms with Crippen molar-refractivity contribution in [1.29, 1.82) is 0 Å². The smallest absolute Gasteiger partial charge is 0.240 e. The molecule has 1 rings (SSSR count). The first-order valence-corrected chi connectivity index (χ1v) is 5.01. The quantitative estimate of drug-likeness (QED) is 0.687. The lowest BCUT2D eigenvalue weighted by molar-refractivity contribution is -0.134. The van der Waals surface area contributed by atoms with Gasteiger partial charge < -0.3 is 10.6 Å². The summed E-state index contributed by atoms with van der Waals surface area (Å²) in [5.74, 6) is -0.127. The third-order valence-electron chi connectivity index (χ3n) is 2.64. The van der Waals surface area contributed by atoms with Gasteiger partial charge >= 0.3 is 0 Å². The third kappa shape index (κ3) is 2.44. The van der Waals surface area contributed by atoms with Crippen LogP contribution in [0.4, 0.5) is 4.39 Å². The molecule has 1 heterocycles. The van der Waals surface area contributed by atoms with Gasteiger partial charge in [-0.25, -0.2) is 4.39 Å². The van der Waals surface area contributed by atoms with Crippen LogP contribution in [-0.2, 0) is 4.79 Å². The summed E-state index contributed by atoms with van der Waals surface area (Å²) in [6.45, 7) is 6.46. The molecule has 1 saturated heterocycles. The van der Waals surface area contributed by atoms with Gasteiger partial charge in [-0.3, -0.25) is 4.79 Å². The van der Waals surface area contributed by atoms with Crippen molar-refractivity contribution < 1.29 is 9.18 Å². The van der Waals surface area contributed by atoms with E-state index in [0.717, 1.165) is 0 Å². The van der Waals surface area contributed by atoms with Crippen LogP contribution >= 0.6 is 0 Å². The SMILES string of the molecule is CC(C)(C)C(N)C(=O)N1CCC(F)C1. The van der Waals surface area contributed by atoms with Gasteiger partial charge in [-0.05, 0) is 11.8 Å². The summed E-state index contributed by atoms with van der Waals surface area (Å²) in [6, 6.07) is -0.534. The van der Waals surface area contributed by atoms with Gasteiger partial charge in [-0.2, -0.15) is 0 Å². The molecule has 0 bridgehead atoms. The highest BCUT2D eigenvalue weighted by molar-refractivity contribution is 5.82. The Morgan fingerprint density at radius 3 is 2.50 bits per heavy atom.